The maximum absolute atomic E-state index is 11.7. The van der Waals surface area contributed by atoms with Gasteiger partial charge in [-0.05, 0) is 12.0 Å². The number of rotatable bonds is 4. The van der Waals surface area contributed by atoms with Crippen LogP contribution in [0, 0.1) is 5.92 Å². The van der Waals surface area contributed by atoms with E-state index in [1.54, 1.807) is 12.1 Å². The molecule has 0 saturated heterocycles. The van der Waals surface area contributed by atoms with E-state index in [4.69, 9.17) is 0 Å². The number of nitrogens with one attached hydrogen (secondary N) is 1. The molecule has 0 unspecified atom stereocenters. The van der Waals surface area contributed by atoms with Crippen LogP contribution in [-0.4, -0.2) is 21.8 Å². The van der Waals surface area contributed by atoms with Crippen LogP contribution >= 0.6 is 11.3 Å². The molecule has 0 aliphatic rings. The number of anilines is 1. The lowest BCUT2D eigenvalue weighted by molar-refractivity contribution is 0.465. The van der Waals surface area contributed by atoms with Gasteiger partial charge in [-0.1, -0.05) is 13.8 Å². The van der Waals surface area contributed by atoms with E-state index in [1.807, 2.05) is 12.4 Å². The Morgan fingerprint density at radius 3 is 2.78 bits per heavy atom. The van der Waals surface area contributed by atoms with Crippen molar-refractivity contribution in [2.75, 3.05) is 12.4 Å². The summed E-state index contributed by atoms with van der Waals surface area (Å²) in [7, 11) is 1.83. The molecule has 2 aromatic heterocycles. The molecular weight excluding hydrogens is 248 g/mol. The van der Waals surface area contributed by atoms with Gasteiger partial charge in [0.1, 0.15) is 11.4 Å². The summed E-state index contributed by atoms with van der Waals surface area (Å²) in [5.74, 6) is 0.383. The van der Waals surface area contributed by atoms with E-state index >= 15 is 0 Å². The number of nitrogens with zero attached hydrogens (tertiary/aromatic N) is 3. The molecule has 0 fully saturated rings. The number of hydrogen-bond donors (Lipinski definition) is 1. The summed E-state index contributed by atoms with van der Waals surface area (Å²) in [6, 6.07) is 3.26. The van der Waals surface area contributed by atoms with Crippen LogP contribution in [0.3, 0.4) is 0 Å². The summed E-state index contributed by atoms with van der Waals surface area (Å²) in [5.41, 5.74) is 1.45. The number of hydrogen-bond acceptors (Lipinski definition) is 5. The second-order valence-corrected chi connectivity index (χ2v) is 5.28. The van der Waals surface area contributed by atoms with Crippen LogP contribution in [0.2, 0.25) is 0 Å². The fourth-order valence-corrected chi connectivity index (χ4v) is 2.23. The molecule has 0 aliphatic heterocycles. The SMILES string of the molecule is CNc1nc(-c2ccc(=O)n(CC(C)C)n2)cs1. The van der Waals surface area contributed by atoms with Crippen LogP contribution in [0.1, 0.15) is 13.8 Å². The standard InChI is InChI=1S/C12H16N4OS/c1-8(2)6-16-11(17)5-4-9(15-16)10-7-18-12(13-3)14-10/h4-5,7-8H,6H2,1-3H3,(H,13,14). The molecule has 18 heavy (non-hydrogen) atoms. The van der Waals surface area contributed by atoms with E-state index in [2.05, 4.69) is 29.2 Å². The third-order valence-corrected chi connectivity index (χ3v) is 3.24. The minimum absolute atomic E-state index is 0.0727. The minimum atomic E-state index is -0.0727. The van der Waals surface area contributed by atoms with Gasteiger partial charge in [0.25, 0.3) is 5.56 Å². The van der Waals surface area contributed by atoms with Crippen molar-refractivity contribution in [3.63, 3.8) is 0 Å². The predicted molar refractivity (Wildman–Crippen MR) is 74.0 cm³/mol. The quantitative estimate of drug-likeness (QED) is 0.918. The molecule has 0 spiro atoms. The summed E-state index contributed by atoms with van der Waals surface area (Å²) in [5, 5.41) is 10.1. The van der Waals surface area contributed by atoms with Crippen LogP contribution in [0.25, 0.3) is 11.4 Å². The Morgan fingerprint density at radius 2 is 2.17 bits per heavy atom. The van der Waals surface area contributed by atoms with Crippen molar-refractivity contribution in [2.45, 2.75) is 20.4 Å². The lowest BCUT2D eigenvalue weighted by Crippen LogP contribution is -2.24. The number of thiazole rings is 1. The summed E-state index contributed by atoms with van der Waals surface area (Å²) in [6.07, 6.45) is 0. The van der Waals surface area contributed by atoms with Gasteiger partial charge in [0.05, 0.1) is 0 Å². The fraction of sp³-hybridized carbons (Fsp3) is 0.417. The Labute approximate surface area is 110 Å². The zero-order valence-corrected chi connectivity index (χ0v) is 11.5. The highest BCUT2D eigenvalue weighted by Crippen LogP contribution is 2.22. The maximum atomic E-state index is 11.7. The van der Waals surface area contributed by atoms with Crippen LogP contribution in [0.15, 0.2) is 22.3 Å². The van der Waals surface area contributed by atoms with Crippen LogP contribution in [-0.2, 0) is 6.54 Å². The summed E-state index contributed by atoms with van der Waals surface area (Å²) in [6.45, 7) is 4.74. The molecule has 6 heteroatoms. The molecule has 0 saturated carbocycles. The van der Waals surface area contributed by atoms with E-state index in [0.29, 0.717) is 12.5 Å². The molecular formula is C12H16N4OS. The second-order valence-electron chi connectivity index (χ2n) is 4.42. The van der Waals surface area contributed by atoms with E-state index in [-0.39, 0.29) is 5.56 Å². The van der Waals surface area contributed by atoms with Crippen LogP contribution in [0.5, 0.6) is 0 Å². The van der Waals surface area contributed by atoms with E-state index in [9.17, 15) is 4.79 Å². The third kappa shape index (κ3) is 2.76. The summed E-state index contributed by atoms with van der Waals surface area (Å²) in [4.78, 5) is 16.0. The highest BCUT2D eigenvalue weighted by Gasteiger charge is 2.08. The van der Waals surface area contributed by atoms with Crippen LogP contribution < -0.4 is 10.9 Å². The Kier molecular flexibility index (Phi) is 3.76. The maximum Gasteiger partial charge on any atom is 0.266 e. The highest BCUT2D eigenvalue weighted by atomic mass is 32.1. The molecule has 0 aromatic carbocycles. The molecule has 0 bridgehead atoms. The van der Waals surface area contributed by atoms with Crippen molar-refractivity contribution in [2.24, 2.45) is 5.92 Å². The van der Waals surface area contributed by atoms with Crippen LogP contribution in [0.4, 0.5) is 5.13 Å². The molecule has 2 rings (SSSR count). The van der Waals surface area contributed by atoms with Crippen molar-refractivity contribution in [3.05, 3.63) is 27.9 Å². The van der Waals surface area contributed by atoms with E-state index in [1.165, 1.54) is 16.0 Å². The van der Waals surface area contributed by atoms with E-state index < -0.39 is 0 Å². The molecule has 1 N–H and O–H groups in total. The predicted octanol–water partition coefficient (Wildman–Crippen LogP) is 2.06. The van der Waals surface area contributed by atoms with Gasteiger partial charge in [-0.15, -0.1) is 11.3 Å². The van der Waals surface area contributed by atoms with Gasteiger partial charge in [0.2, 0.25) is 0 Å². The van der Waals surface area contributed by atoms with Gasteiger partial charge in [-0.3, -0.25) is 4.79 Å². The first kappa shape index (κ1) is 12.8. The number of aromatic nitrogens is 3. The summed E-state index contributed by atoms with van der Waals surface area (Å²) < 4.78 is 1.50. The molecule has 5 nitrogen and oxygen atoms in total. The normalized spacial score (nSPS) is 10.9. The molecule has 2 heterocycles. The van der Waals surface area contributed by atoms with Gasteiger partial charge in [-0.25, -0.2) is 9.67 Å². The Hall–Kier alpha value is -1.69. The van der Waals surface area contributed by atoms with Gasteiger partial charge in [0, 0.05) is 25.0 Å². The van der Waals surface area contributed by atoms with Crippen molar-refractivity contribution in [3.8, 4) is 11.4 Å². The zero-order valence-electron chi connectivity index (χ0n) is 10.7. The first-order valence-electron chi connectivity index (χ1n) is 5.82. The van der Waals surface area contributed by atoms with Crippen molar-refractivity contribution in [1.29, 1.82) is 0 Å². The lowest BCUT2D eigenvalue weighted by atomic mass is 10.2. The third-order valence-electron chi connectivity index (χ3n) is 2.39. The van der Waals surface area contributed by atoms with Gasteiger partial charge in [0.15, 0.2) is 5.13 Å². The van der Waals surface area contributed by atoms with E-state index in [0.717, 1.165) is 16.5 Å². The van der Waals surface area contributed by atoms with Gasteiger partial charge in [-0.2, -0.15) is 5.10 Å². The fourth-order valence-electron chi connectivity index (χ4n) is 1.57. The van der Waals surface area contributed by atoms with Gasteiger partial charge < -0.3 is 5.32 Å². The summed E-state index contributed by atoms with van der Waals surface area (Å²) >= 11 is 1.52. The first-order valence-corrected chi connectivity index (χ1v) is 6.70. The largest absolute Gasteiger partial charge is 0.365 e. The topological polar surface area (TPSA) is 59.8 Å². The van der Waals surface area contributed by atoms with Crippen molar-refractivity contribution < 1.29 is 0 Å². The molecule has 0 radical (unpaired) electrons. The molecule has 0 amide bonds. The van der Waals surface area contributed by atoms with Crippen molar-refractivity contribution >= 4 is 16.5 Å². The Balaban J connectivity index is 2.37. The second kappa shape index (κ2) is 5.30. The smallest absolute Gasteiger partial charge is 0.266 e. The average molecular weight is 264 g/mol. The Morgan fingerprint density at radius 1 is 1.39 bits per heavy atom. The monoisotopic (exact) mass is 264 g/mol. The van der Waals surface area contributed by atoms with Gasteiger partial charge >= 0.3 is 0 Å². The lowest BCUT2D eigenvalue weighted by Gasteiger charge is -2.07. The minimum Gasteiger partial charge on any atom is -0.365 e. The molecule has 96 valence electrons. The van der Waals surface area contributed by atoms with Crippen molar-refractivity contribution in [1.82, 2.24) is 14.8 Å². The first-order chi connectivity index (χ1) is 8.60. The molecule has 0 atom stereocenters. The zero-order chi connectivity index (χ0) is 13.1. The molecule has 2 aromatic rings. The molecule has 0 aliphatic carbocycles. The Bertz CT molecular complexity index is 588. The highest BCUT2D eigenvalue weighted by molar-refractivity contribution is 7.14. The average Bonchev–Trinajstić information content (AvgIpc) is 2.80.